The first-order valence-electron chi connectivity index (χ1n) is 35.6. The first kappa shape index (κ1) is 81.7. The maximum absolute atomic E-state index is 13.3. The number of rotatable bonds is 57. The standard InChI is InChI=1S/C75H129NO13/c1-3-5-7-9-11-13-15-17-19-21-23-25-26-27-28-29-30-31-32-33-34-35-36-37-38-39-41-43-45-47-49-51-53-55-57-59-67(80)76-63(64(79)58-56-54-52-50-48-46-44-42-40-24-22-20-18-16-14-12-10-8-6-4-2)62-86-74-72(85)70(83)73(66(61-78)88-74)89-75-71(84)69(82)68(81)65(60-77)87-75/h5,7,11,13,17,19,23,25,27-28,30-31,33-34,36-37,56,58,63-66,68-75,77-79,81-85H,3-4,6,8-10,12,14-16,18,20-22,24,26,29,32,35,38-55,57,59-62H2,1-2H3,(H,76,80)/b7-5-,13-11-,19-17-,25-23-,28-27-,31-30-,34-33-,37-36-,58-56+. The summed E-state index contributed by atoms with van der Waals surface area (Å²) in [6.07, 6.45) is 67.0. The van der Waals surface area contributed by atoms with Gasteiger partial charge in [-0.15, -0.1) is 0 Å². The fourth-order valence-electron chi connectivity index (χ4n) is 11.1. The van der Waals surface area contributed by atoms with Crippen LogP contribution in [0.2, 0.25) is 0 Å². The van der Waals surface area contributed by atoms with Gasteiger partial charge in [0.05, 0.1) is 32.0 Å². The van der Waals surface area contributed by atoms with Gasteiger partial charge in [0.1, 0.15) is 48.8 Å². The maximum Gasteiger partial charge on any atom is 0.220 e. The van der Waals surface area contributed by atoms with E-state index in [1.54, 1.807) is 6.08 Å². The van der Waals surface area contributed by atoms with Crippen LogP contribution < -0.4 is 5.32 Å². The lowest BCUT2D eigenvalue weighted by molar-refractivity contribution is -0.359. The lowest BCUT2D eigenvalue weighted by atomic mass is 9.97. The second-order valence-electron chi connectivity index (χ2n) is 24.6. The van der Waals surface area contributed by atoms with Crippen molar-refractivity contribution in [2.24, 2.45) is 0 Å². The van der Waals surface area contributed by atoms with Crippen molar-refractivity contribution in [1.29, 1.82) is 0 Å². The predicted octanol–water partition coefficient (Wildman–Crippen LogP) is 14.7. The fraction of sp³-hybridized carbons (Fsp3) is 0.747. The highest BCUT2D eigenvalue weighted by Crippen LogP contribution is 2.30. The zero-order valence-electron chi connectivity index (χ0n) is 55.6. The molecule has 2 rings (SSSR count). The highest BCUT2D eigenvalue weighted by Gasteiger charge is 2.51. The minimum Gasteiger partial charge on any atom is -0.394 e. The van der Waals surface area contributed by atoms with Crippen molar-refractivity contribution in [3.05, 3.63) is 109 Å². The third-order valence-electron chi connectivity index (χ3n) is 16.7. The Balaban J connectivity index is 1.67. The number of hydrogen-bond acceptors (Lipinski definition) is 13. The average Bonchev–Trinajstić information content (AvgIpc) is 3.62. The number of allylic oxidation sites excluding steroid dienone is 17. The number of amides is 1. The number of aliphatic hydroxyl groups excluding tert-OH is 8. The van der Waals surface area contributed by atoms with E-state index in [-0.39, 0.29) is 18.9 Å². The number of unbranched alkanes of at least 4 members (excludes halogenated alkanes) is 28. The summed E-state index contributed by atoms with van der Waals surface area (Å²) in [6, 6.07) is -0.925. The van der Waals surface area contributed by atoms with Gasteiger partial charge >= 0.3 is 0 Å². The van der Waals surface area contributed by atoms with Crippen molar-refractivity contribution >= 4 is 5.91 Å². The number of nitrogens with one attached hydrogen (secondary N) is 1. The van der Waals surface area contributed by atoms with Crippen LogP contribution in [-0.2, 0) is 23.7 Å². The molecule has 0 aromatic heterocycles. The van der Waals surface area contributed by atoms with Gasteiger partial charge in [-0.2, -0.15) is 0 Å². The summed E-state index contributed by atoms with van der Waals surface area (Å²) in [6.45, 7) is 2.70. The molecule has 0 saturated carbocycles. The number of carbonyl (C=O) groups is 1. The Morgan fingerprint density at radius 2 is 0.775 bits per heavy atom. The molecule has 14 nitrogen and oxygen atoms in total. The Labute approximate surface area is 540 Å². The lowest BCUT2D eigenvalue weighted by Gasteiger charge is -2.46. The van der Waals surface area contributed by atoms with E-state index in [9.17, 15) is 45.6 Å². The minimum absolute atomic E-state index is 0.246. The molecule has 0 aromatic rings. The van der Waals surface area contributed by atoms with Crippen molar-refractivity contribution < 1.29 is 64.6 Å². The Hall–Kier alpha value is -3.35. The van der Waals surface area contributed by atoms with Crippen LogP contribution in [0.25, 0.3) is 0 Å². The smallest absolute Gasteiger partial charge is 0.220 e. The van der Waals surface area contributed by atoms with E-state index in [0.29, 0.717) is 6.42 Å². The molecule has 0 bridgehead atoms. The molecule has 2 heterocycles. The Morgan fingerprint density at radius 1 is 0.416 bits per heavy atom. The molecule has 2 saturated heterocycles. The van der Waals surface area contributed by atoms with Crippen molar-refractivity contribution in [3.63, 3.8) is 0 Å². The highest BCUT2D eigenvalue weighted by atomic mass is 16.7. The van der Waals surface area contributed by atoms with E-state index < -0.39 is 86.8 Å². The van der Waals surface area contributed by atoms with Crippen molar-refractivity contribution in [2.45, 2.75) is 338 Å². The Kier molecular flexibility index (Phi) is 53.7. The molecule has 2 fully saturated rings. The molecule has 12 atom stereocenters. The molecule has 0 aliphatic carbocycles. The lowest BCUT2D eigenvalue weighted by Crippen LogP contribution is -2.65. The van der Waals surface area contributed by atoms with Crippen molar-refractivity contribution in [3.8, 4) is 0 Å². The van der Waals surface area contributed by atoms with Crippen LogP contribution in [0, 0.1) is 0 Å². The molecule has 14 heteroatoms. The molecule has 89 heavy (non-hydrogen) atoms. The van der Waals surface area contributed by atoms with E-state index in [0.717, 1.165) is 96.3 Å². The van der Waals surface area contributed by atoms with Gasteiger partial charge in [0.2, 0.25) is 5.91 Å². The van der Waals surface area contributed by atoms with Gasteiger partial charge in [-0.3, -0.25) is 4.79 Å². The molecule has 1 amide bonds. The van der Waals surface area contributed by atoms with E-state index in [1.165, 1.54) is 141 Å². The van der Waals surface area contributed by atoms with Crippen LogP contribution in [-0.4, -0.2) is 140 Å². The van der Waals surface area contributed by atoms with Gasteiger partial charge in [0, 0.05) is 6.42 Å². The third-order valence-corrected chi connectivity index (χ3v) is 16.7. The molecular weight excluding hydrogens is 1120 g/mol. The summed E-state index contributed by atoms with van der Waals surface area (Å²) in [5, 5.41) is 87.4. The normalized spacial score (nSPS) is 23.7. The number of aliphatic hydroxyl groups is 8. The van der Waals surface area contributed by atoms with Crippen molar-refractivity contribution in [1.82, 2.24) is 5.32 Å². The van der Waals surface area contributed by atoms with Gasteiger partial charge < -0.3 is 65.1 Å². The second-order valence-corrected chi connectivity index (χ2v) is 24.6. The van der Waals surface area contributed by atoms with Gasteiger partial charge in [0.25, 0.3) is 0 Å². The van der Waals surface area contributed by atoms with E-state index >= 15 is 0 Å². The quantitative estimate of drug-likeness (QED) is 0.0204. The SMILES string of the molecule is CC/C=C\C/C=C\C/C=C\C/C=C\C/C=C\C/C=C\C/C=C\C/C=C\CCCCCCCCCCCCC(=O)NC(COC1OC(CO)C(OC2OC(CO)C(O)C(O)C2O)C(O)C1O)C(O)/C=C/CCCCCCCCCCCCCCCCCCCC. The summed E-state index contributed by atoms with van der Waals surface area (Å²) in [5.74, 6) is -0.246. The fourth-order valence-corrected chi connectivity index (χ4v) is 11.1. The van der Waals surface area contributed by atoms with Crippen LogP contribution in [0.5, 0.6) is 0 Å². The monoisotopic (exact) mass is 1250 g/mol. The summed E-state index contributed by atoms with van der Waals surface area (Å²) in [7, 11) is 0. The number of carbonyl (C=O) groups excluding carboxylic acids is 1. The minimum atomic E-state index is -1.79. The zero-order chi connectivity index (χ0) is 64.5. The van der Waals surface area contributed by atoms with Crippen LogP contribution in [0.3, 0.4) is 0 Å². The first-order valence-corrected chi connectivity index (χ1v) is 35.6. The van der Waals surface area contributed by atoms with Crippen LogP contribution in [0.4, 0.5) is 0 Å². The molecule has 0 spiro atoms. The van der Waals surface area contributed by atoms with Gasteiger partial charge in [-0.05, 0) is 83.5 Å². The van der Waals surface area contributed by atoms with Crippen molar-refractivity contribution in [2.75, 3.05) is 19.8 Å². The second kappa shape index (κ2) is 58.5. The van der Waals surface area contributed by atoms with E-state index in [4.69, 9.17) is 18.9 Å². The Bertz CT molecular complexity index is 1910. The van der Waals surface area contributed by atoms with Crippen LogP contribution >= 0.6 is 0 Å². The molecular formula is C75H129NO13. The number of ether oxygens (including phenoxy) is 4. The van der Waals surface area contributed by atoms with Crippen LogP contribution in [0.15, 0.2) is 109 Å². The van der Waals surface area contributed by atoms with E-state index in [2.05, 4.69) is 116 Å². The zero-order valence-corrected chi connectivity index (χ0v) is 55.6. The first-order chi connectivity index (χ1) is 43.6. The molecule has 512 valence electrons. The molecule has 2 aliphatic heterocycles. The summed E-state index contributed by atoms with van der Waals surface area (Å²) < 4.78 is 22.9. The predicted molar refractivity (Wildman–Crippen MR) is 364 cm³/mol. The van der Waals surface area contributed by atoms with Crippen LogP contribution in [0.1, 0.15) is 264 Å². The van der Waals surface area contributed by atoms with Gasteiger partial charge in [0.15, 0.2) is 12.6 Å². The van der Waals surface area contributed by atoms with Gasteiger partial charge in [-0.1, -0.05) is 284 Å². The Morgan fingerprint density at radius 3 is 1.19 bits per heavy atom. The topological polar surface area (TPSA) is 228 Å². The highest BCUT2D eigenvalue weighted by molar-refractivity contribution is 5.76. The summed E-state index contributed by atoms with van der Waals surface area (Å²) in [5.41, 5.74) is 0. The van der Waals surface area contributed by atoms with E-state index in [1.807, 2.05) is 6.08 Å². The largest absolute Gasteiger partial charge is 0.394 e. The molecule has 12 unspecified atom stereocenters. The molecule has 2 aliphatic rings. The summed E-state index contributed by atoms with van der Waals surface area (Å²) in [4.78, 5) is 13.3. The molecule has 0 aromatic carbocycles. The van der Waals surface area contributed by atoms with Gasteiger partial charge in [-0.25, -0.2) is 0 Å². The number of hydrogen-bond donors (Lipinski definition) is 9. The molecule has 9 N–H and O–H groups in total. The average molecular weight is 1250 g/mol. The molecule has 0 radical (unpaired) electrons. The maximum atomic E-state index is 13.3. The summed E-state index contributed by atoms with van der Waals surface area (Å²) >= 11 is 0. The third kappa shape index (κ3) is 42.5.